The number of nitrogens with zero attached hydrogens (tertiary/aromatic N) is 1. The van der Waals surface area contributed by atoms with Crippen LogP contribution in [0, 0.1) is 0 Å². The normalized spacial score (nSPS) is 13.1. The molecule has 0 spiro atoms. The number of nitrogens with one attached hydrogen (secondary N) is 1. The number of aryl methyl sites for hydroxylation is 1. The minimum absolute atomic E-state index is 0. The van der Waals surface area contributed by atoms with Crippen molar-refractivity contribution in [3.05, 3.63) is 29.8 Å². The molecule has 1 saturated carbocycles. The van der Waals surface area contributed by atoms with Gasteiger partial charge in [0, 0.05) is 11.7 Å². The van der Waals surface area contributed by atoms with E-state index in [1.165, 1.54) is 10.5 Å². The number of aliphatic carboxylic acids is 1. The van der Waals surface area contributed by atoms with Crippen molar-refractivity contribution in [3.8, 4) is 0 Å². The van der Waals surface area contributed by atoms with E-state index in [9.17, 15) is 14.7 Å². The third-order valence-corrected chi connectivity index (χ3v) is 3.96. The fraction of sp³-hybridized carbons (Fsp3) is 0.467. The average Bonchev–Trinajstić information content (AvgIpc) is 3.28. The molecule has 0 bridgehead atoms. The van der Waals surface area contributed by atoms with Crippen LogP contribution in [0.4, 0.5) is 10.5 Å². The predicted octanol–water partition coefficient (Wildman–Crippen LogP) is -1.66. The Hall–Kier alpha value is -0.0536. The molecule has 0 atom stereocenters. The van der Waals surface area contributed by atoms with Gasteiger partial charge in [0.05, 0.1) is 12.5 Å². The van der Waals surface area contributed by atoms with E-state index in [0.717, 1.165) is 25.0 Å². The molecular weight excluding hydrogens is 327 g/mol. The first kappa shape index (κ1) is 20.0. The van der Waals surface area contributed by atoms with Crippen LogP contribution in [-0.2, 0) is 11.2 Å². The molecule has 0 aromatic heterocycles. The van der Waals surface area contributed by atoms with Gasteiger partial charge in [-0.3, -0.25) is 0 Å². The maximum atomic E-state index is 12.1. The molecule has 5 nitrogen and oxygen atoms in total. The summed E-state index contributed by atoms with van der Waals surface area (Å²) in [7, 11) is 0. The fourth-order valence-electron chi connectivity index (χ4n) is 2.06. The van der Waals surface area contributed by atoms with Crippen LogP contribution in [0.5, 0.6) is 0 Å². The summed E-state index contributed by atoms with van der Waals surface area (Å²) < 4.78 is 0. The number of thioether (sulfide) groups is 1. The summed E-state index contributed by atoms with van der Waals surface area (Å²) in [5.74, 6) is -0.170. The van der Waals surface area contributed by atoms with Crippen LogP contribution >= 0.6 is 11.8 Å². The number of benzene rings is 1. The summed E-state index contributed by atoms with van der Waals surface area (Å²) in [5.41, 5.74) is 1.90. The molecule has 1 fully saturated rings. The number of urea groups is 1. The topological polar surface area (TPSA) is 72.5 Å². The van der Waals surface area contributed by atoms with E-state index >= 15 is 0 Å². The largest absolute Gasteiger partial charge is 1.00 e. The maximum absolute atomic E-state index is 12.1. The first-order valence-electron chi connectivity index (χ1n) is 6.95. The molecule has 0 unspecified atom stereocenters. The number of carbonyl (C=O) groups is 2. The van der Waals surface area contributed by atoms with Crippen molar-refractivity contribution in [2.75, 3.05) is 23.9 Å². The number of carbonyl (C=O) groups excluding carboxylic acids is 2. The first-order chi connectivity index (χ1) is 10.1. The zero-order chi connectivity index (χ0) is 15.2. The predicted molar refractivity (Wildman–Crippen MR) is 82.3 cm³/mol. The van der Waals surface area contributed by atoms with Crippen LogP contribution in [0.3, 0.4) is 0 Å². The van der Waals surface area contributed by atoms with E-state index in [1.807, 2.05) is 24.3 Å². The molecule has 0 aliphatic heterocycles. The molecule has 22 heavy (non-hydrogen) atoms. The maximum Gasteiger partial charge on any atom is 1.00 e. The van der Waals surface area contributed by atoms with Gasteiger partial charge in [0.15, 0.2) is 0 Å². The third kappa shape index (κ3) is 6.60. The summed E-state index contributed by atoms with van der Waals surface area (Å²) in [6.45, 7) is -0.359. The molecule has 0 heterocycles. The molecular formula is C15H19KN2O3S. The molecule has 114 valence electrons. The summed E-state index contributed by atoms with van der Waals surface area (Å²) in [6, 6.07) is 7.30. The van der Waals surface area contributed by atoms with Crippen molar-refractivity contribution >= 4 is 29.4 Å². The molecule has 1 N–H and O–H groups in total. The SMILES string of the molecule is CSCCc1ccc(NC(=O)N(CC(=O)[O-])C2CC2)cc1.[K+]. The standard InChI is InChI=1S/C15H20N2O3S.K/c1-21-9-8-11-2-4-12(5-3-11)16-15(20)17(10-14(18)19)13-6-7-13;/h2-5,13H,6-10H2,1H3,(H,16,20)(H,18,19);/q;+1/p-1. The summed E-state index contributed by atoms with van der Waals surface area (Å²) in [6.07, 6.45) is 4.77. The zero-order valence-corrected chi connectivity index (χ0v) is 16.9. The van der Waals surface area contributed by atoms with E-state index < -0.39 is 5.97 Å². The molecule has 1 aromatic carbocycles. The van der Waals surface area contributed by atoms with E-state index in [0.29, 0.717) is 5.69 Å². The van der Waals surface area contributed by atoms with E-state index in [2.05, 4.69) is 11.6 Å². The zero-order valence-electron chi connectivity index (χ0n) is 13.0. The van der Waals surface area contributed by atoms with Gasteiger partial charge < -0.3 is 20.1 Å². The second-order valence-electron chi connectivity index (χ2n) is 5.10. The summed E-state index contributed by atoms with van der Waals surface area (Å²) in [4.78, 5) is 24.1. The Bertz CT molecular complexity index is 506. The summed E-state index contributed by atoms with van der Waals surface area (Å²) >= 11 is 1.79. The monoisotopic (exact) mass is 346 g/mol. The van der Waals surface area contributed by atoms with Crippen LogP contribution in [-0.4, -0.2) is 41.5 Å². The minimum atomic E-state index is -1.23. The minimum Gasteiger partial charge on any atom is -0.548 e. The van der Waals surface area contributed by atoms with Crippen LogP contribution in [0.1, 0.15) is 18.4 Å². The second kappa shape index (κ2) is 9.95. The molecule has 1 aliphatic carbocycles. The van der Waals surface area contributed by atoms with Crippen molar-refractivity contribution in [2.24, 2.45) is 0 Å². The van der Waals surface area contributed by atoms with Crippen molar-refractivity contribution in [3.63, 3.8) is 0 Å². The molecule has 0 saturated heterocycles. The van der Waals surface area contributed by atoms with Gasteiger partial charge in [-0.15, -0.1) is 0 Å². The number of rotatable bonds is 7. The first-order valence-corrected chi connectivity index (χ1v) is 8.35. The van der Waals surface area contributed by atoms with Crippen LogP contribution in [0.25, 0.3) is 0 Å². The van der Waals surface area contributed by atoms with Gasteiger partial charge in [-0.05, 0) is 49.0 Å². The van der Waals surface area contributed by atoms with Gasteiger partial charge in [0.2, 0.25) is 0 Å². The Kier molecular flexibility index (Phi) is 9.04. The average molecular weight is 346 g/mol. The van der Waals surface area contributed by atoms with Gasteiger partial charge in [0.1, 0.15) is 0 Å². The van der Waals surface area contributed by atoms with Gasteiger partial charge in [-0.2, -0.15) is 11.8 Å². The Morgan fingerprint density at radius 2 is 1.95 bits per heavy atom. The van der Waals surface area contributed by atoms with Gasteiger partial charge in [0.25, 0.3) is 0 Å². The molecule has 2 rings (SSSR count). The Morgan fingerprint density at radius 1 is 1.32 bits per heavy atom. The van der Waals surface area contributed by atoms with Crippen molar-refractivity contribution < 1.29 is 66.1 Å². The Balaban J connectivity index is 0.00000242. The van der Waals surface area contributed by atoms with Crippen molar-refractivity contribution in [1.29, 1.82) is 0 Å². The van der Waals surface area contributed by atoms with E-state index in [-0.39, 0.29) is 70.0 Å². The summed E-state index contributed by atoms with van der Waals surface area (Å²) in [5, 5.41) is 13.5. The van der Waals surface area contributed by atoms with Crippen LogP contribution in [0.15, 0.2) is 24.3 Å². The van der Waals surface area contributed by atoms with Gasteiger partial charge in [-0.25, -0.2) is 4.79 Å². The number of carboxylic acid groups (broad SMARTS) is 1. The molecule has 1 aliphatic rings. The molecule has 0 radical (unpaired) electrons. The van der Waals surface area contributed by atoms with Crippen LogP contribution in [0.2, 0.25) is 0 Å². The number of anilines is 1. The molecule has 1 aromatic rings. The third-order valence-electron chi connectivity index (χ3n) is 3.35. The fourth-order valence-corrected chi connectivity index (χ4v) is 2.50. The number of amides is 2. The quantitative estimate of drug-likeness (QED) is 0.600. The number of hydrogen-bond acceptors (Lipinski definition) is 4. The van der Waals surface area contributed by atoms with E-state index in [4.69, 9.17) is 0 Å². The smallest absolute Gasteiger partial charge is 0.548 e. The second-order valence-corrected chi connectivity index (χ2v) is 6.09. The van der Waals surface area contributed by atoms with Gasteiger partial charge in [-0.1, -0.05) is 12.1 Å². The van der Waals surface area contributed by atoms with Crippen molar-refractivity contribution in [1.82, 2.24) is 4.90 Å². The molecule has 2 amide bonds. The Labute approximate surface area is 177 Å². The Morgan fingerprint density at radius 3 is 2.45 bits per heavy atom. The number of carboxylic acids is 1. The van der Waals surface area contributed by atoms with Crippen molar-refractivity contribution in [2.45, 2.75) is 25.3 Å². The van der Waals surface area contributed by atoms with E-state index in [1.54, 1.807) is 11.8 Å². The molecule has 7 heteroatoms. The van der Waals surface area contributed by atoms with Crippen LogP contribution < -0.4 is 61.8 Å². The van der Waals surface area contributed by atoms with Gasteiger partial charge >= 0.3 is 57.4 Å². The number of hydrogen-bond donors (Lipinski definition) is 1.